The fraction of sp³-hybridized carbons (Fsp3) is 0.583. The SMILES string of the molecule is CCCC(C)NC(=O)Cn1ccc(CN)c1. The van der Waals surface area contributed by atoms with Gasteiger partial charge >= 0.3 is 0 Å². The van der Waals surface area contributed by atoms with E-state index in [2.05, 4.69) is 12.2 Å². The van der Waals surface area contributed by atoms with Crippen LogP contribution < -0.4 is 11.1 Å². The zero-order chi connectivity index (χ0) is 12.0. The van der Waals surface area contributed by atoms with E-state index in [9.17, 15) is 4.79 Å². The fourth-order valence-electron chi connectivity index (χ4n) is 1.70. The highest BCUT2D eigenvalue weighted by atomic mass is 16.2. The van der Waals surface area contributed by atoms with Crippen LogP contribution in [0.2, 0.25) is 0 Å². The Labute approximate surface area is 96.8 Å². The van der Waals surface area contributed by atoms with Crippen molar-refractivity contribution in [1.82, 2.24) is 9.88 Å². The van der Waals surface area contributed by atoms with Gasteiger partial charge in [-0.2, -0.15) is 0 Å². The van der Waals surface area contributed by atoms with E-state index < -0.39 is 0 Å². The molecular weight excluding hydrogens is 202 g/mol. The first-order valence-corrected chi connectivity index (χ1v) is 5.79. The third-order valence-electron chi connectivity index (χ3n) is 2.50. The van der Waals surface area contributed by atoms with Crippen LogP contribution in [0.25, 0.3) is 0 Å². The Morgan fingerprint density at radius 3 is 2.94 bits per heavy atom. The van der Waals surface area contributed by atoms with Crippen LogP contribution in [-0.4, -0.2) is 16.5 Å². The number of rotatable bonds is 6. The number of hydrogen-bond donors (Lipinski definition) is 2. The number of aromatic nitrogens is 1. The molecule has 1 aromatic rings. The van der Waals surface area contributed by atoms with Gasteiger partial charge in [-0.1, -0.05) is 13.3 Å². The average Bonchev–Trinajstić information content (AvgIpc) is 2.65. The Morgan fingerprint density at radius 1 is 1.62 bits per heavy atom. The van der Waals surface area contributed by atoms with Crippen LogP contribution in [0.1, 0.15) is 32.3 Å². The highest BCUT2D eigenvalue weighted by Gasteiger charge is 2.06. The lowest BCUT2D eigenvalue weighted by molar-refractivity contribution is -0.122. The molecule has 1 aromatic heterocycles. The minimum atomic E-state index is 0.0557. The van der Waals surface area contributed by atoms with Crippen molar-refractivity contribution < 1.29 is 4.79 Å². The van der Waals surface area contributed by atoms with Crippen molar-refractivity contribution in [3.8, 4) is 0 Å². The van der Waals surface area contributed by atoms with E-state index in [0.717, 1.165) is 18.4 Å². The summed E-state index contributed by atoms with van der Waals surface area (Å²) in [6.07, 6.45) is 5.89. The molecule has 1 rings (SSSR count). The summed E-state index contributed by atoms with van der Waals surface area (Å²) >= 11 is 0. The van der Waals surface area contributed by atoms with Crippen LogP contribution in [0.3, 0.4) is 0 Å². The number of nitrogens with one attached hydrogen (secondary N) is 1. The summed E-state index contributed by atoms with van der Waals surface area (Å²) in [6, 6.07) is 2.19. The smallest absolute Gasteiger partial charge is 0.240 e. The van der Waals surface area contributed by atoms with Gasteiger partial charge in [0.2, 0.25) is 5.91 Å². The minimum absolute atomic E-state index is 0.0557. The van der Waals surface area contributed by atoms with Crippen LogP contribution in [0.15, 0.2) is 18.5 Å². The van der Waals surface area contributed by atoms with E-state index in [1.165, 1.54) is 0 Å². The summed E-state index contributed by atoms with van der Waals surface area (Å²) in [5, 5.41) is 2.97. The highest BCUT2D eigenvalue weighted by Crippen LogP contribution is 2.00. The summed E-state index contributed by atoms with van der Waals surface area (Å²) in [5.41, 5.74) is 6.55. The Bertz CT molecular complexity index is 333. The van der Waals surface area contributed by atoms with Crippen molar-refractivity contribution in [3.63, 3.8) is 0 Å². The van der Waals surface area contributed by atoms with Gasteiger partial charge in [-0.05, 0) is 25.0 Å². The van der Waals surface area contributed by atoms with Gasteiger partial charge in [-0.15, -0.1) is 0 Å². The van der Waals surface area contributed by atoms with Gasteiger partial charge < -0.3 is 15.6 Å². The molecule has 1 atom stereocenters. The van der Waals surface area contributed by atoms with Crippen LogP contribution >= 0.6 is 0 Å². The summed E-state index contributed by atoms with van der Waals surface area (Å²) in [7, 11) is 0. The molecule has 0 aliphatic rings. The molecule has 1 heterocycles. The van der Waals surface area contributed by atoms with E-state index in [-0.39, 0.29) is 11.9 Å². The molecule has 0 radical (unpaired) electrons. The first-order valence-electron chi connectivity index (χ1n) is 5.79. The fourth-order valence-corrected chi connectivity index (χ4v) is 1.70. The first-order chi connectivity index (χ1) is 7.65. The molecule has 0 aromatic carbocycles. The molecule has 0 fully saturated rings. The number of nitrogens with zero attached hydrogens (tertiary/aromatic N) is 1. The predicted octanol–water partition coefficient (Wildman–Crippen LogP) is 1.25. The van der Waals surface area contributed by atoms with Crippen molar-refractivity contribution in [2.75, 3.05) is 0 Å². The summed E-state index contributed by atoms with van der Waals surface area (Å²) in [5.74, 6) is 0.0557. The van der Waals surface area contributed by atoms with Crippen LogP contribution in [0.5, 0.6) is 0 Å². The maximum Gasteiger partial charge on any atom is 0.240 e. The van der Waals surface area contributed by atoms with E-state index in [1.807, 2.05) is 30.0 Å². The lowest BCUT2D eigenvalue weighted by Crippen LogP contribution is -2.34. The lowest BCUT2D eigenvalue weighted by atomic mass is 10.2. The molecular formula is C12H21N3O. The highest BCUT2D eigenvalue weighted by molar-refractivity contribution is 5.76. The van der Waals surface area contributed by atoms with E-state index >= 15 is 0 Å². The number of nitrogens with two attached hydrogens (primary N) is 1. The zero-order valence-corrected chi connectivity index (χ0v) is 10.1. The number of amides is 1. The van der Waals surface area contributed by atoms with Crippen molar-refractivity contribution in [3.05, 3.63) is 24.0 Å². The molecule has 0 bridgehead atoms. The van der Waals surface area contributed by atoms with Crippen molar-refractivity contribution >= 4 is 5.91 Å². The average molecular weight is 223 g/mol. The second-order valence-corrected chi connectivity index (χ2v) is 4.15. The van der Waals surface area contributed by atoms with E-state index in [4.69, 9.17) is 5.73 Å². The number of carbonyl (C=O) groups is 1. The second-order valence-electron chi connectivity index (χ2n) is 4.15. The van der Waals surface area contributed by atoms with Crippen molar-refractivity contribution in [2.45, 2.75) is 45.8 Å². The molecule has 3 N–H and O–H groups in total. The number of carbonyl (C=O) groups excluding carboxylic acids is 1. The molecule has 0 saturated heterocycles. The molecule has 4 heteroatoms. The number of hydrogen-bond acceptors (Lipinski definition) is 2. The van der Waals surface area contributed by atoms with Crippen LogP contribution in [0.4, 0.5) is 0 Å². The third-order valence-corrected chi connectivity index (χ3v) is 2.50. The molecule has 90 valence electrons. The standard InChI is InChI=1S/C12H21N3O/c1-3-4-10(2)14-12(16)9-15-6-5-11(7-13)8-15/h5-6,8,10H,3-4,7,9,13H2,1-2H3,(H,14,16). The Hall–Kier alpha value is -1.29. The maximum atomic E-state index is 11.6. The molecule has 4 nitrogen and oxygen atoms in total. The quantitative estimate of drug-likeness (QED) is 0.762. The predicted molar refractivity (Wildman–Crippen MR) is 64.8 cm³/mol. The topological polar surface area (TPSA) is 60.0 Å². The van der Waals surface area contributed by atoms with Crippen LogP contribution in [0, 0.1) is 0 Å². The van der Waals surface area contributed by atoms with Crippen LogP contribution in [-0.2, 0) is 17.9 Å². The van der Waals surface area contributed by atoms with Crippen molar-refractivity contribution in [1.29, 1.82) is 0 Å². The minimum Gasteiger partial charge on any atom is -0.352 e. The molecule has 0 saturated carbocycles. The van der Waals surface area contributed by atoms with E-state index in [0.29, 0.717) is 13.1 Å². The van der Waals surface area contributed by atoms with Gasteiger partial charge in [-0.3, -0.25) is 4.79 Å². The second kappa shape index (κ2) is 6.33. The van der Waals surface area contributed by atoms with Crippen molar-refractivity contribution in [2.24, 2.45) is 5.73 Å². The maximum absolute atomic E-state index is 11.6. The largest absolute Gasteiger partial charge is 0.352 e. The normalized spacial score (nSPS) is 12.4. The monoisotopic (exact) mass is 223 g/mol. The molecule has 1 amide bonds. The molecule has 0 aliphatic carbocycles. The van der Waals surface area contributed by atoms with Gasteiger partial charge in [-0.25, -0.2) is 0 Å². The van der Waals surface area contributed by atoms with Gasteiger partial charge in [0.25, 0.3) is 0 Å². The summed E-state index contributed by atoms with van der Waals surface area (Å²) < 4.78 is 1.86. The van der Waals surface area contributed by atoms with Gasteiger partial charge in [0.15, 0.2) is 0 Å². The molecule has 16 heavy (non-hydrogen) atoms. The van der Waals surface area contributed by atoms with Gasteiger partial charge in [0.1, 0.15) is 6.54 Å². The zero-order valence-electron chi connectivity index (χ0n) is 10.1. The third kappa shape index (κ3) is 4.06. The Morgan fingerprint density at radius 2 is 2.38 bits per heavy atom. The van der Waals surface area contributed by atoms with E-state index in [1.54, 1.807) is 0 Å². The molecule has 1 unspecified atom stereocenters. The molecule has 0 aliphatic heterocycles. The first kappa shape index (κ1) is 12.8. The van der Waals surface area contributed by atoms with Gasteiger partial charge in [0, 0.05) is 25.0 Å². The Balaban J connectivity index is 2.39. The summed E-state index contributed by atoms with van der Waals surface area (Å²) in [4.78, 5) is 11.6. The Kier molecular flexibility index (Phi) is 5.05. The molecule has 0 spiro atoms. The lowest BCUT2D eigenvalue weighted by Gasteiger charge is -2.12. The summed E-state index contributed by atoms with van der Waals surface area (Å²) in [6.45, 7) is 5.03. The van der Waals surface area contributed by atoms with Gasteiger partial charge in [0.05, 0.1) is 0 Å².